The van der Waals surface area contributed by atoms with Crippen LogP contribution in [-0.2, 0) is 6.54 Å². The van der Waals surface area contributed by atoms with E-state index in [9.17, 15) is 0 Å². The van der Waals surface area contributed by atoms with E-state index in [4.69, 9.17) is 11.6 Å². The molecule has 3 nitrogen and oxygen atoms in total. The lowest BCUT2D eigenvalue weighted by Crippen LogP contribution is -2.04. The fourth-order valence-electron chi connectivity index (χ4n) is 1.91. The molecule has 0 aliphatic rings. The number of hydrogen-bond acceptors (Lipinski definition) is 2. The van der Waals surface area contributed by atoms with Crippen LogP contribution in [0.2, 0.25) is 5.02 Å². The molecular weight excluding hydrogens is 246 g/mol. The van der Waals surface area contributed by atoms with E-state index in [0.29, 0.717) is 5.02 Å². The van der Waals surface area contributed by atoms with Crippen LogP contribution in [0.1, 0.15) is 5.56 Å². The Kier molecular flexibility index (Phi) is 2.90. The van der Waals surface area contributed by atoms with Crippen molar-refractivity contribution < 1.29 is 0 Å². The fourth-order valence-corrected chi connectivity index (χ4v) is 2.13. The number of hydrogen-bond donors (Lipinski definition) is 1. The topological polar surface area (TPSA) is 29.3 Å². The summed E-state index contributed by atoms with van der Waals surface area (Å²) >= 11 is 6.08. The van der Waals surface area contributed by atoms with Crippen LogP contribution in [0.25, 0.3) is 5.52 Å². The third-order valence-electron chi connectivity index (χ3n) is 2.78. The predicted molar refractivity (Wildman–Crippen MR) is 74.0 cm³/mol. The number of anilines is 1. The minimum Gasteiger partial charge on any atom is -0.366 e. The van der Waals surface area contributed by atoms with Gasteiger partial charge in [-0.25, -0.2) is 4.52 Å². The summed E-state index contributed by atoms with van der Waals surface area (Å²) < 4.78 is 1.84. The van der Waals surface area contributed by atoms with Crippen LogP contribution in [0.5, 0.6) is 0 Å². The van der Waals surface area contributed by atoms with Crippen molar-refractivity contribution in [1.29, 1.82) is 0 Å². The highest BCUT2D eigenvalue weighted by Crippen LogP contribution is 2.19. The Hall–Kier alpha value is -2.00. The summed E-state index contributed by atoms with van der Waals surface area (Å²) in [6, 6.07) is 15.9. The number of fused-ring (bicyclic) bond motifs is 1. The minimum atomic E-state index is 0.707. The van der Waals surface area contributed by atoms with Gasteiger partial charge < -0.3 is 5.32 Å². The summed E-state index contributed by atoms with van der Waals surface area (Å²) in [4.78, 5) is 0. The molecule has 0 bridgehead atoms. The molecule has 3 aromatic rings. The van der Waals surface area contributed by atoms with Gasteiger partial charge in [0.1, 0.15) is 5.82 Å². The lowest BCUT2D eigenvalue weighted by molar-refractivity contribution is 0.944. The van der Waals surface area contributed by atoms with Crippen molar-refractivity contribution in [3.8, 4) is 0 Å². The van der Waals surface area contributed by atoms with Crippen molar-refractivity contribution >= 4 is 22.9 Å². The van der Waals surface area contributed by atoms with Gasteiger partial charge >= 0.3 is 0 Å². The van der Waals surface area contributed by atoms with E-state index in [1.807, 2.05) is 40.9 Å². The minimum absolute atomic E-state index is 0.707. The van der Waals surface area contributed by atoms with E-state index in [1.54, 1.807) is 6.20 Å². The molecule has 0 radical (unpaired) electrons. The van der Waals surface area contributed by atoms with E-state index in [2.05, 4.69) is 22.5 Å². The van der Waals surface area contributed by atoms with Gasteiger partial charge in [-0.05, 0) is 23.8 Å². The summed E-state index contributed by atoms with van der Waals surface area (Å²) in [6.07, 6.45) is 1.76. The monoisotopic (exact) mass is 257 g/mol. The van der Waals surface area contributed by atoms with E-state index in [-0.39, 0.29) is 0 Å². The highest BCUT2D eigenvalue weighted by Gasteiger charge is 2.03. The molecule has 0 amide bonds. The number of pyridine rings is 1. The van der Waals surface area contributed by atoms with E-state index in [0.717, 1.165) is 17.9 Å². The molecule has 1 aromatic carbocycles. The molecule has 4 heteroatoms. The predicted octanol–water partition coefficient (Wildman–Crippen LogP) is 3.60. The second kappa shape index (κ2) is 4.70. The third kappa shape index (κ3) is 2.17. The number of nitrogens with zero attached hydrogens (tertiary/aromatic N) is 2. The Labute approximate surface area is 110 Å². The van der Waals surface area contributed by atoms with Crippen LogP contribution in [0.15, 0.2) is 54.7 Å². The van der Waals surface area contributed by atoms with Crippen LogP contribution in [0.4, 0.5) is 5.82 Å². The number of benzene rings is 1. The van der Waals surface area contributed by atoms with Crippen molar-refractivity contribution in [2.45, 2.75) is 6.54 Å². The zero-order chi connectivity index (χ0) is 12.4. The molecular formula is C14H12ClN3. The van der Waals surface area contributed by atoms with E-state index >= 15 is 0 Å². The Morgan fingerprint density at radius 1 is 1.11 bits per heavy atom. The second-order valence-corrected chi connectivity index (χ2v) is 4.50. The summed E-state index contributed by atoms with van der Waals surface area (Å²) in [5.41, 5.74) is 2.20. The number of rotatable bonds is 3. The normalized spacial score (nSPS) is 10.7. The Balaban J connectivity index is 1.88. The van der Waals surface area contributed by atoms with Crippen molar-refractivity contribution in [2.24, 2.45) is 0 Å². The first-order valence-corrected chi connectivity index (χ1v) is 6.12. The maximum absolute atomic E-state index is 6.08. The highest BCUT2D eigenvalue weighted by atomic mass is 35.5. The van der Waals surface area contributed by atoms with Crippen LogP contribution in [0.3, 0.4) is 0 Å². The lowest BCUT2D eigenvalue weighted by atomic mass is 10.2. The van der Waals surface area contributed by atoms with Crippen LogP contribution in [-0.4, -0.2) is 9.61 Å². The Morgan fingerprint density at radius 2 is 1.94 bits per heavy atom. The van der Waals surface area contributed by atoms with Crippen molar-refractivity contribution in [1.82, 2.24) is 9.61 Å². The molecule has 1 N–H and O–H groups in total. The van der Waals surface area contributed by atoms with Gasteiger partial charge in [-0.1, -0.05) is 41.9 Å². The van der Waals surface area contributed by atoms with Crippen molar-refractivity contribution in [3.63, 3.8) is 0 Å². The van der Waals surface area contributed by atoms with Crippen LogP contribution in [0, 0.1) is 0 Å². The standard InChI is InChI=1S/C14H12ClN3/c15-12-8-13-6-7-17-18(13)14(9-12)16-10-11-4-2-1-3-5-11/h1-9,16H,10H2. The summed E-state index contributed by atoms with van der Waals surface area (Å²) in [6.45, 7) is 0.746. The van der Waals surface area contributed by atoms with Crippen LogP contribution >= 0.6 is 11.6 Å². The molecule has 0 aliphatic heterocycles. The quantitative estimate of drug-likeness (QED) is 0.777. The van der Waals surface area contributed by atoms with Gasteiger partial charge in [0, 0.05) is 11.6 Å². The number of aromatic nitrogens is 2. The number of halogens is 1. The average Bonchev–Trinajstić information content (AvgIpc) is 2.85. The maximum Gasteiger partial charge on any atom is 0.129 e. The van der Waals surface area contributed by atoms with Gasteiger partial charge in [-0.3, -0.25) is 0 Å². The Bertz CT molecular complexity index is 661. The lowest BCUT2D eigenvalue weighted by Gasteiger charge is -2.09. The fraction of sp³-hybridized carbons (Fsp3) is 0.0714. The van der Waals surface area contributed by atoms with Gasteiger partial charge in [0.05, 0.1) is 11.7 Å². The zero-order valence-electron chi connectivity index (χ0n) is 9.68. The van der Waals surface area contributed by atoms with Gasteiger partial charge in [0.2, 0.25) is 0 Å². The molecule has 0 fully saturated rings. The summed E-state index contributed by atoms with van der Waals surface area (Å²) in [7, 11) is 0. The molecule has 0 saturated heterocycles. The molecule has 90 valence electrons. The molecule has 0 saturated carbocycles. The first-order chi connectivity index (χ1) is 8.83. The molecule has 0 spiro atoms. The van der Waals surface area contributed by atoms with Crippen LogP contribution < -0.4 is 5.32 Å². The van der Waals surface area contributed by atoms with Gasteiger partial charge in [-0.2, -0.15) is 5.10 Å². The van der Waals surface area contributed by atoms with E-state index in [1.165, 1.54) is 5.56 Å². The molecule has 0 unspecified atom stereocenters. The molecule has 2 heterocycles. The van der Waals surface area contributed by atoms with Gasteiger partial charge in [0.15, 0.2) is 0 Å². The first kappa shape index (κ1) is 11.1. The molecule has 0 atom stereocenters. The zero-order valence-corrected chi connectivity index (χ0v) is 10.4. The number of nitrogens with one attached hydrogen (secondary N) is 1. The molecule has 18 heavy (non-hydrogen) atoms. The average molecular weight is 258 g/mol. The molecule has 2 aromatic heterocycles. The summed E-state index contributed by atoms with van der Waals surface area (Å²) in [5.74, 6) is 0.895. The third-order valence-corrected chi connectivity index (χ3v) is 3.00. The molecule has 3 rings (SSSR count). The van der Waals surface area contributed by atoms with Crippen molar-refractivity contribution in [2.75, 3.05) is 5.32 Å². The smallest absolute Gasteiger partial charge is 0.129 e. The summed E-state index contributed by atoms with van der Waals surface area (Å²) in [5, 5.41) is 8.32. The maximum atomic E-state index is 6.08. The highest BCUT2D eigenvalue weighted by molar-refractivity contribution is 6.31. The Morgan fingerprint density at radius 3 is 2.78 bits per heavy atom. The SMILES string of the molecule is Clc1cc(NCc2ccccc2)n2nccc2c1. The van der Waals surface area contributed by atoms with Crippen molar-refractivity contribution in [3.05, 3.63) is 65.3 Å². The largest absolute Gasteiger partial charge is 0.366 e. The second-order valence-electron chi connectivity index (χ2n) is 4.07. The van der Waals surface area contributed by atoms with Gasteiger partial charge in [0.25, 0.3) is 0 Å². The molecule has 0 aliphatic carbocycles. The van der Waals surface area contributed by atoms with Gasteiger partial charge in [-0.15, -0.1) is 0 Å². The van der Waals surface area contributed by atoms with E-state index < -0.39 is 0 Å². The first-order valence-electron chi connectivity index (χ1n) is 5.74.